The second kappa shape index (κ2) is 6.47. The van der Waals surface area contributed by atoms with Crippen molar-refractivity contribution in [2.45, 2.75) is 59.5 Å². The number of hydrogen-bond acceptors (Lipinski definition) is 1. The van der Waals surface area contributed by atoms with E-state index < -0.39 is 0 Å². The highest BCUT2D eigenvalue weighted by Crippen LogP contribution is 2.20. The molecule has 74 valence electrons. The first-order valence-corrected chi connectivity index (χ1v) is 5.26. The number of aliphatic hydroxyl groups excluding tert-OH is 1. The summed E-state index contributed by atoms with van der Waals surface area (Å²) in [5.74, 6) is 1.29. The maximum atomic E-state index is 9.46. The Morgan fingerprint density at radius 3 is 1.92 bits per heavy atom. The lowest BCUT2D eigenvalue weighted by Crippen LogP contribution is -2.17. The predicted octanol–water partition coefficient (Wildman–Crippen LogP) is 3.22. The molecule has 0 aromatic carbocycles. The molecule has 1 nitrogen and oxygen atoms in total. The van der Waals surface area contributed by atoms with Gasteiger partial charge in [0, 0.05) is 0 Å². The lowest BCUT2D eigenvalue weighted by molar-refractivity contribution is 0.110. The summed E-state index contributed by atoms with van der Waals surface area (Å²) in [7, 11) is 0. The highest BCUT2D eigenvalue weighted by atomic mass is 16.3. The van der Waals surface area contributed by atoms with Crippen LogP contribution in [0.2, 0.25) is 0 Å². The first-order chi connectivity index (χ1) is 5.57. The Balaban J connectivity index is 3.63. The summed E-state index contributed by atoms with van der Waals surface area (Å²) in [6, 6.07) is 0. The lowest BCUT2D eigenvalue weighted by atomic mass is 9.90. The van der Waals surface area contributed by atoms with E-state index in [1.165, 1.54) is 25.7 Å². The molecule has 0 saturated heterocycles. The normalized spacial score (nSPS) is 16.5. The molecule has 0 aliphatic heterocycles. The third kappa shape index (κ3) is 5.59. The van der Waals surface area contributed by atoms with Crippen LogP contribution in [-0.2, 0) is 0 Å². The van der Waals surface area contributed by atoms with Crippen LogP contribution < -0.4 is 0 Å². The summed E-state index contributed by atoms with van der Waals surface area (Å²) in [5.41, 5.74) is 0. The lowest BCUT2D eigenvalue weighted by Gasteiger charge is -2.19. The molecule has 0 aromatic rings. The maximum absolute atomic E-state index is 9.46. The molecule has 0 heterocycles. The van der Waals surface area contributed by atoms with E-state index in [2.05, 4.69) is 20.8 Å². The minimum absolute atomic E-state index is 0.122. The standard InChI is InChI=1S/C11H24O/c1-5-6-11(10(4)12)8-7-9(2)3/h9-12H,5-8H2,1-4H3. The molecular weight excluding hydrogens is 148 g/mol. The third-order valence-corrected chi connectivity index (χ3v) is 2.46. The zero-order valence-corrected chi connectivity index (χ0v) is 9.01. The second-order valence-corrected chi connectivity index (χ2v) is 4.26. The monoisotopic (exact) mass is 172 g/mol. The Kier molecular flexibility index (Phi) is 6.45. The van der Waals surface area contributed by atoms with Gasteiger partial charge in [-0.3, -0.25) is 0 Å². The van der Waals surface area contributed by atoms with Crippen LogP contribution in [0.1, 0.15) is 53.4 Å². The average Bonchev–Trinajstić information content (AvgIpc) is 1.96. The molecule has 0 aromatic heterocycles. The molecule has 0 saturated carbocycles. The largest absolute Gasteiger partial charge is 0.393 e. The highest BCUT2D eigenvalue weighted by Gasteiger charge is 2.13. The maximum Gasteiger partial charge on any atom is 0.0540 e. The molecule has 0 bridgehead atoms. The zero-order chi connectivity index (χ0) is 9.56. The smallest absolute Gasteiger partial charge is 0.0540 e. The Hall–Kier alpha value is -0.0400. The molecule has 1 N–H and O–H groups in total. The van der Waals surface area contributed by atoms with E-state index in [1.807, 2.05) is 6.92 Å². The van der Waals surface area contributed by atoms with Crippen molar-refractivity contribution in [3.8, 4) is 0 Å². The van der Waals surface area contributed by atoms with Gasteiger partial charge in [-0.2, -0.15) is 0 Å². The molecule has 2 unspecified atom stereocenters. The Labute approximate surface area is 77.2 Å². The minimum atomic E-state index is -0.122. The molecule has 0 aliphatic rings. The quantitative estimate of drug-likeness (QED) is 0.652. The van der Waals surface area contributed by atoms with E-state index >= 15 is 0 Å². The predicted molar refractivity (Wildman–Crippen MR) is 54.2 cm³/mol. The molecule has 12 heavy (non-hydrogen) atoms. The van der Waals surface area contributed by atoms with E-state index in [4.69, 9.17) is 0 Å². The van der Waals surface area contributed by atoms with Crippen LogP contribution in [0.15, 0.2) is 0 Å². The van der Waals surface area contributed by atoms with Crippen LogP contribution in [-0.4, -0.2) is 11.2 Å². The van der Waals surface area contributed by atoms with Gasteiger partial charge in [-0.25, -0.2) is 0 Å². The van der Waals surface area contributed by atoms with Crippen LogP contribution in [0, 0.1) is 11.8 Å². The Bertz CT molecular complexity index is 97.2. The van der Waals surface area contributed by atoms with Crippen molar-refractivity contribution < 1.29 is 5.11 Å². The number of hydrogen-bond donors (Lipinski definition) is 1. The minimum Gasteiger partial charge on any atom is -0.393 e. The fourth-order valence-electron chi connectivity index (χ4n) is 1.54. The van der Waals surface area contributed by atoms with Crippen molar-refractivity contribution in [1.29, 1.82) is 0 Å². The zero-order valence-electron chi connectivity index (χ0n) is 9.01. The molecule has 0 spiro atoms. The van der Waals surface area contributed by atoms with E-state index in [-0.39, 0.29) is 6.10 Å². The summed E-state index contributed by atoms with van der Waals surface area (Å²) in [6.07, 6.45) is 4.67. The van der Waals surface area contributed by atoms with Crippen LogP contribution in [0.25, 0.3) is 0 Å². The van der Waals surface area contributed by atoms with Crippen molar-refractivity contribution in [2.24, 2.45) is 11.8 Å². The van der Waals surface area contributed by atoms with Gasteiger partial charge >= 0.3 is 0 Å². The van der Waals surface area contributed by atoms with Gasteiger partial charge in [-0.05, 0) is 31.6 Å². The van der Waals surface area contributed by atoms with E-state index in [9.17, 15) is 5.11 Å². The molecule has 2 atom stereocenters. The van der Waals surface area contributed by atoms with Crippen molar-refractivity contribution in [1.82, 2.24) is 0 Å². The van der Waals surface area contributed by atoms with Crippen LogP contribution in [0.5, 0.6) is 0 Å². The van der Waals surface area contributed by atoms with Gasteiger partial charge in [0.15, 0.2) is 0 Å². The van der Waals surface area contributed by atoms with Crippen molar-refractivity contribution in [3.63, 3.8) is 0 Å². The summed E-state index contributed by atoms with van der Waals surface area (Å²) in [5, 5.41) is 9.46. The number of rotatable bonds is 6. The third-order valence-electron chi connectivity index (χ3n) is 2.46. The highest BCUT2D eigenvalue weighted by molar-refractivity contribution is 4.65. The summed E-state index contributed by atoms with van der Waals surface area (Å²) in [6.45, 7) is 8.58. The molecule has 0 fully saturated rings. The van der Waals surface area contributed by atoms with Gasteiger partial charge in [0.05, 0.1) is 6.10 Å². The van der Waals surface area contributed by atoms with E-state index in [1.54, 1.807) is 0 Å². The van der Waals surface area contributed by atoms with Crippen molar-refractivity contribution in [2.75, 3.05) is 0 Å². The van der Waals surface area contributed by atoms with Gasteiger partial charge in [0.2, 0.25) is 0 Å². The van der Waals surface area contributed by atoms with Crippen molar-refractivity contribution >= 4 is 0 Å². The molecule has 0 amide bonds. The van der Waals surface area contributed by atoms with Gasteiger partial charge in [-0.1, -0.05) is 33.6 Å². The van der Waals surface area contributed by atoms with Crippen LogP contribution in [0.3, 0.4) is 0 Å². The summed E-state index contributed by atoms with van der Waals surface area (Å²) < 4.78 is 0. The van der Waals surface area contributed by atoms with Crippen LogP contribution in [0.4, 0.5) is 0 Å². The molecule has 0 radical (unpaired) electrons. The summed E-state index contributed by atoms with van der Waals surface area (Å²) in [4.78, 5) is 0. The van der Waals surface area contributed by atoms with Gasteiger partial charge in [-0.15, -0.1) is 0 Å². The van der Waals surface area contributed by atoms with Crippen molar-refractivity contribution in [3.05, 3.63) is 0 Å². The average molecular weight is 172 g/mol. The SMILES string of the molecule is CCCC(CCC(C)C)C(C)O. The Morgan fingerprint density at radius 2 is 1.58 bits per heavy atom. The van der Waals surface area contributed by atoms with Gasteiger partial charge < -0.3 is 5.11 Å². The fraction of sp³-hybridized carbons (Fsp3) is 1.00. The van der Waals surface area contributed by atoms with Gasteiger partial charge in [0.25, 0.3) is 0 Å². The van der Waals surface area contributed by atoms with Crippen LogP contribution >= 0.6 is 0 Å². The fourth-order valence-corrected chi connectivity index (χ4v) is 1.54. The molecule has 0 rings (SSSR count). The Morgan fingerprint density at radius 1 is 1.00 bits per heavy atom. The molecule has 0 aliphatic carbocycles. The second-order valence-electron chi connectivity index (χ2n) is 4.26. The molecular formula is C11H24O. The molecule has 1 heteroatoms. The van der Waals surface area contributed by atoms with E-state index in [0.717, 1.165) is 5.92 Å². The van der Waals surface area contributed by atoms with Gasteiger partial charge in [0.1, 0.15) is 0 Å². The first kappa shape index (κ1) is 12.0. The summed E-state index contributed by atoms with van der Waals surface area (Å²) >= 11 is 0. The topological polar surface area (TPSA) is 20.2 Å². The number of aliphatic hydroxyl groups is 1. The first-order valence-electron chi connectivity index (χ1n) is 5.26. The van der Waals surface area contributed by atoms with E-state index in [0.29, 0.717) is 5.92 Å².